The summed E-state index contributed by atoms with van der Waals surface area (Å²) in [7, 11) is 0. The van der Waals surface area contributed by atoms with Crippen LogP contribution in [0.25, 0.3) is 0 Å². The van der Waals surface area contributed by atoms with Gasteiger partial charge in [-0.25, -0.2) is 0 Å². The van der Waals surface area contributed by atoms with Crippen molar-refractivity contribution in [2.45, 2.75) is 40.4 Å². The van der Waals surface area contributed by atoms with E-state index < -0.39 is 0 Å². The quantitative estimate of drug-likeness (QED) is 0.763. The molecule has 1 heterocycles. The molecule has 0 atom stereocenters. The molecule has 0 unspecified atom stereocenters. The van der Waals surface area contributed by atoms with Gasteiger partial charge in [-0.2, -0.15) is 0 Å². The van der Waals surface area contributed by atoms with E-state index in [4.69, 9.17) is 0 Å². The lowest BCUT2D eigenvalue weighted by atomic mass is 9.97. The number of amides is 2. The monoisotopic (exact) mass is 365 g/mol. The summed E-state index contributed by atoms with van der Waals surface area (Å²) in [5.74, 6) is -0.265. The third-order valence-electron chi connectivity index (χ3n) is 4.54. The van der Waals surface area contributed by atoms with Crippen LogP contribution >= 0.6 is 0 Å². The van der Waals surface area contributed by atoms with Gasteiger partial charge in [-0.05, 0) is 46.4 Å². The van der Waals surface area contributed by atoms with Crippen molar-refractivity contribution in [1.82, 2.24) is 16.0 Å². The highest BCUT2D eigenvalue weighted by atomic mass is 16.2. The zero-order valence-electron chi connectivity index (χ0n) is 16.2. The Labute approximate surface area is 160 Å². The molecule has 142 valence electrons. The van der Waals surface area contributed by atoms with Crippen LogP contribution in [0.5, 0.6) is 0 Å². The molecule has 1 aliphatic heterocycles. The molecule has 2 aromatic carbocycles. The Hall–Kier alpha value is -2.66. The Bertz CT molecular complexity index is 836. The second-order valence-corrected chi connectivity index (χ2v) is 8.21. The van der Waals surface area contributed by atoms with Crippen LogP contribution in [0.1, 0.15) is 58.2 Å². The molecule has 27 heavy (non-hydrogen) atoms. The molecule has 0 aromatic heterocycles. The van der Waals surface area contributed by atoms with Crippen molar-refractivity contribution in [2.75, 3.05) is 6.54 Å². The number of fused-ring (bicyclic) bond motifs is 1. The lowest BCUT2D eigenvalue weighted by molar-refractivity contribution is 0.0932. The van der Waals surface area contributed by atoms with Gasteiger partial charge in [-0.1, -0.05) is 39.0 Å². The molecule has 0 spiro atoms. The Kier molecular flexibility index (Phi) is 5.61. The smallest absolute Gasteiger partial charge is 0.251 e. The first-order valence-corrected chi connectivity index (χ1v) is 9.30. The predicted molar refractivity (Wildman–Crippen MR) is 106 cm³/mol. The van der Waals surface area contributed by atoms with Gasteiger partial charge in [0.05, 0.1) is 0 Å². The first kappa shape index (κ1) is 19.1. The average molecular weight is 365 g/mol. The van der Waals surface area contributed by atoms with E-state index in [1.807, 2.05) is 0 Å². The number of hydrogen-bond acceptors (Lipinski definition) is 3. The van der Waals surface area contributed by atoms with E-state index in [1.165, 1.54) is 11.1 Å². The highest BCUT2D eigenvalue weighted by Crippen LogP contribution is 2.17. The molecule has 5 nitrogen and oxygen atoms in total. The van der Waals surface area contributed by atoms with Gasteiger partial charge in [0.1, 0.15) is 0 Å². The van der Waals surface area contributed by atoms with Gasteiger partial charge < -0.3 is 16.0 Å². The van der Waals surface area contributed by atoms with Crippen LogP contribution in [-0.2, 0) is 19.6 Å². The summed E-state index contributed by atoms with van der Waals surface area (Å²) in [6.07, 6.45) is 0. The van der Waals surface area contributed by atoms with Gasteiger partial charge in [-0.3, -0.25) is 9.59 Å². The molecule has 0 fully saturated rings. The summed E-state index contributed by atoms with van der Waals surface area (Å²) < 4.78 is 0. The van der Waals surface area contributed by atoms with E-state index in [2.05, 4.69) is 54.9 Å². The van der Waals surface area contributed by atoms with Gasteiger partial charge >= 0.3 is 0 Å². The molecular weight excluding hydrogens is 338 g/mol. The Morgan fingerprint density at radius 1 is 0.889 bits per heavy atom. The van der Waals surface area contributed by atoms with E-state index in [1.54, 1.807) is 24.3 Å². The van der Waals surface area contributed by atoms with E-state index in [-0.39, 0.29) is 17.2 Å². The number of carbonyl (C=O) groups excluding carboxylic acids is 2. The Morgan fingerprint density at radius 2 is 1.48 bits per heavy atom. The molecule has 0 radical (unpaired) electrons. The highest BCUT2D eigenvalue weighted by Gasteiger charge is 2.14. The van der Waals surface area contributed by atoms with Gasteiger partial charge in [0.25, 0.3) is 11.8 Å². The molecule has 3 rings (SSSR count). The zero-order chi connectivity index (χ0) is 19.4. The number of hydrogen-bond donors (Lipinski definition) is 3. The third-order valence-corrected chi connectivity index (χ3v) is 4.54. The first-order valence-electron chi connectivity index (χ1n) is 9.30. The fourth-order valence-corrected chi connectivity index (χ4v) is 2.96. The summed E-state index contributed by atoms with van der Waals surface area (Å²) in [5.41, 5.74) is 4.84. The lowest BCUT2D eigenvalue weighted by Gasteiger charge is -2.18. The molecule has 5 heteroatoms. The van der Waals surface area contributed by atoms with Gasteiger partial charge in [0, 0.05) is 37.3 Å². The van der Waals surface area contributed by atoms with Crippen LogP contribution in [-0.4, -0.2) is 18.4 Å². The molecular formula is C22H27N3O2. The van der Waals surface area contributed by atoms with Crippen molar-refractivity contribution in [3.05, 3.63) is 70.3 Å². The normalized spacial score (nSPS) is 13.1. The molecule has 2 aromatic rings. The maximum atomic E-state index is 12.4. The minimum Gasteiger partial charge on any atom is -0.352 e. The standard InChI is InChI=1S/C22H27N3O2/c1-22(2,3)14-25-21(27)17-8-6-16(7-9-17)20(26)24-11-15-4-5-18-12-23-13-19(18)10-15/h4-10,23H,11-14H2,1-3H3,(H,24,26)(H,25,27). The van der Waals surface area contributed by atoms with Crippen LogP contribution in [0.3, 0.4) is 0 Å². The van der Waals surface area contributed by atoms with Crippen LogP contribution in [0, 0.1) is 5.41 Å². The van der Waals surface area contributed by atoms with Gasteiger partial charge in [-0.15, -0.1) is 0 Å². The van der Waals surface area contributed by atoms with Gasteiger partial charge in [0.2, 0.25) is 0 Å². The summed E-state index contributed by atoms with van der Waals surface area (Å²) in [6.45, 7) is 9.09. The van der Waals surface area contributed by atoms with Crippen LogP contribution in [0.4, 0.5) is 0 Å². The van der Waals surface area contributed by atoms with Gasteiger partial charge in [0.15, 0.2) is 0 Å². The molecule has 0 aliphatic carbocycles. The van der Waals surface area contributed by atoms with Crippen molar-refractivity contribution in [3.8, 4) is 0 Å². The van der Waals surface area contributed by atoms with Crippen LogP contribution in [0.2, 0.25) is 0 Å². The lowest BCUT2D eigenvalue weighted by Crippen LogP contribution is -2.32. The Morgan fingerprint density at radius 3 is 2.11 bits per heavy atom. The van der Waals surface area contributed by atoms with Crippen molar-refractivity contribution in [3.63, 3.8) is 0 Å². The SMILES string of the molecule is CC(C)(C)CNC(=O)c1ccc(C(=O)NCc2ccc3c(c2)CNC3)cc1. The number of rotatable bonds is 5. The fraction of sp³-hybridized carbons (Fsp3) is 0.364. The largest absolute Gasteiger partial charge is 0.352 e. The number of nitrogens with one attached hydrogen (secondary N) is 3. The van der Waals surface area contributed by atoms with Crippen molar-refractivity contribution >= 4 is 11.8 Å². The Balaban J connectivity index is 1.55. The minimum absolute atomic E-state index is 0.0309. The molecule has 2 amide bonds. The summed E-state index contributed by atoms with van der Waals surface area (Å²) in [4.78, 5) is 24.5. The second kappa shape index (κ2) is 7.92. The van der Waals surface area contributed by atoms with Crippen LogP contribution in [0.15, 0.2) is 42.5 Å². The minimum atomic E-state index is -0.143. The predicted octanol–water partition coefficient (Wildman–Crippen LogP) is 3.00. The molecule has 0 bridgehead atoms. The summed E-state index contributed by atoms with van der Waals surface area (Å²) in [6, 6.07) is 13.1. The van der Waals surface area contributed by atoms with Crippen molar-refractivity contribution in [1.29, 1.82) is 0 Å². The second-order valence-electron chi connectivity index (χ2n) is 8.21. The summed E-state index contributed by atoms with van der Waals surface area (Å²) in [5, 5.41) is 9.17. The molecule has 3 N–H and O–H groups in total. The third kappa shape index (κ3) is 5.17. The highest BCUT2D eigenvalue weighted by molar-refractivity contribution is 5.97. The van der Waals surface area contributed by atoms with E-state index in [0.29, 0.717) is 24.2 Å². The number of benzene rings is 2. The van der Waals surface area contributed by atoms with E-state index >= 15 is 0 Å². The molecule has 0 saturated carbocycles. The first-order chi connectivity index (χ1) is 12.8. The average Bonchev–Trinajstić information content (AvgIpc) is 3.11. The summed E-state index contributed by atoms with van der Waals surface area (Å²) >= 11 is 0. The fourth-order valence-electron chi connectivity index (χ4n) is 2.96. The molecule has 1 aliphatic rings. The molecule has 0 saturated heterocycles. The van der Waals surface area contributed by atoms with Crippen molar-refractivity contribution in [2.24, 2.45) is 5.41 Å². The maximum Gasteiger partial charge on any atom is 0.251 e. The van der Waals surface area contributed by atoms with Crippen molar-refractivity contribution < 1.29 is 9.59 Å². The maximum absolute atomic E-state index is 12.4. The van der Waals surface area contributed by atoms with E-state index in [9.17, 15) is 9.59 Å². The van der Waals surface area contributed by atoms with Crippen LogP contribution < -0.4 is 16.0 Å². The number of carbonyl (C=O) groups is 2. The zero-order valence-corrected chi connectivity index (χ0v) is 16.2. The van der Waals surface area contributed by atoms with E-state index in [0.717, 1.165) is 18.7 Å². The topological polar surface area (TPSA) is 70.2 Å².